The number of hydrogen-bond donors (Lipinski definition) is 3. The van der Waals surface area contributed by atoms with Crippen molar-refractivity contribution in [3.05, 3.63) is 0 Å². The Morgan fingerprint density at radius 1 is 1.10 bits per heavy atom. The molecule has 0 aromatic rings. The van der Waals surface area contributed by atoms with Crippen LogP contribution >= 0.6 is 0 Å². The Balaban J connectivity index is 1.70. The summed E-state index contributed by atoms with van der Waals surface area (Å²) in [5.41, 5.74) is -0.338. The number of fused-ring (bicyclic) bond motifs is 3. The molecule has 0 amide bonds. The summed E-state index contributed by atoms with van der Waals surface area (Å²) >= 11 is 0. The molecule has 1 spiro atoms. The van der Waals surface area contributed by atoms with Crippen LogP contribution in [0.25, 0.3) is 0 Å². The molecule has 21 heavy (non-hydrogen) atoms. The van der Waals surface area contributed by atoms with Crippen LogP contribution in [0.3, 0.4) is 0 Å². The van der Waals surface area contributed by atoms with Crippen molar-refractivity contribution in [2.45, 2.75) is 76.4 Å². The van der Waals surface area contributed by atoms with Gasteiger partial charge >= 0.3 is 0 Å². The van der Waals surface area contributed by atoms with Gasteiger partial charge in [-0.15, -0.1) is 0 Å². The lowest BCUT2D eigenvalue weighted by atomic mass is 9.44. The van der Waals surface area contributed by atoms with Crippen molar-refractivity contribution < 1.29 is 15.3 Å². The predicted molar refractivity (Wildman–Crippen MR) is 80.6 cm³/mol. The first-order valence-electron chi connectivity index (χ1n) is 8.95. The van der Waals surface area contributed by atoms with Gasteiger partial charge in [-0.25, -0.2) is 0 Å². The van der Waals surface area contributed by atoms with Gasteiger partial charge in [0, 0.05) is 0 Å². The van der Waals surface area contributed by atoms with Crippen molar-refractivity contribution >= 4 is 0 Å². The normalized spacial score (nSPS) is 59.4. The molecule has 0 unspecified atom stereocenters. The fourth-order valence-corrected chi connectivity index (χ4v) is 7.31. The molecule has 0 heterocycles. The molecule has 3 nitrogen and oxygen atoms in total. The van der Waals surface area contributed by atoms with Crippen molar-refractivity contribution in [2.75, 3.05) is 6.61 Å². The molecular formula is C18H30O3. The molecule has 7 atom stereocenters. The quantitative estimate of drug-likeness (QED) is 0.696. The highest BCUT2D eigenvalue weighted by Gasteiger charge is 2.65. The van der Waals surface area contributed by atoms with Crippen LogP contribution in [0, 0.1) is 28.6 Å². The van der Waals surface area contributed by atoms with Gasteiger partial charge in [0.05, 0.1) is 18.3 Å². The highest BCUT2D eigenvalue weighted by molar-refractivity contribution is 5.15. The SMILES string of the molecule is C[C@@]12CCC[C@@H](O)[C@H]1CC[C@@]13C[C@@H](CC[C@H]12)[C@](O)(CO)C3. The third-order valence-electron chi connectivity index (χ3n) is 8.16. The summed E-state index contributed by atoms with van der Waals surface area (Å²) in [5.74, 6) is 1.39. The standard InChI is InChI=1S/C18H30O3/c1-16-7-2-3-14(20)13(16)6-8-17-9-12(4-5-15(16)17)18(21,10-17)11-19/h12-15,19-21H,2-11H2,1H3/t12-,13-,14-,15+,16-,17+,18-/m1/s1. The van der Waals surface area contributed by atoms with Crippen molar-refractivity contribution in [1.29, 1.82) is 0 Å². The predicted octanol–water partition coefficient (Wildman–Crippen LogP) is 2.48. The summed E-state index contributed by atoms with van der Waals surface area (Å²) in [5, 5.41) is 31.0. The maximum Gasteiger partial charge on any atom is 0.0910 e. The summed E-state index contributed by atoms with van der Waals surface area (Å²) in [7, 11) is 0. The lowest BCUT2D eigenvalue weighted by Gasteiger charge is -2.61. The zero-order valence-corrected chi connectivity index (χ0v) is 13.2. The van der Waals surface area contributed by atoms with Crippen LogP contribution in [-0.4, -0.2) is 33.6 Å². The maximum atomic E-state index is 10.8. The van der Waals surface area contributed by atoms with E-state index in [0.29, 0.717) is 17.8 Å². The zero-order chi connectivity index (χ0) is 14.9. The lowest BCUT2D eigenvalue weighted by Crippen LogP contribution is -2.55. The smallest absolute Gasteiger partial charge is 0.0910 e. The molecule has 4 aliphatic carbocycles. The Kier molecular flexibility index (Phi) is 3.07. The van der Waals surface area contributed by atoms with Crippen molar-refractivity contribution in [3.63, 3.8) is 0 Å². The highest BCUT2D eigenvalue weighted by atomic mass is 16.3. The minimum absolute atomic E-state index is 0.0745. The molecule has 3 N–H and O–H groups in total. The van der Waals surface area contributed by atoms with E-state index in [9.17, 15) is 15.3 Å². The van der Waals surface area contributed by atoms with E-state index in [-0.39, 0.29) is 23.5 Å². The van der Waals surface area contributed by atoms with Crippen molar-refractivity contribution in [2.24, 2.45) is 28.6 Å². The monoisotopic (exact) mass is 294 g/mol. The average Bonchev–Trinajstić information content (AvgIpc) is 2.66. The van der Waals surface area contributed by atoms with E-state index >= 15 is 0 Å². The first kappa shape index (κ1) is 14.5. The fourth-order valence-electron chi connectivity index (χ4n) is 7.31. The summed E-state index contributed by atoms with van der Waals surface area (Å²) < 4.78 is 0. The molecule has 4 fully saturated rings. The van der Waals surface area contributed by atoms with E-state index in [4.69, 9.17) is 0 Å². The Morgan fingerprint density at radius 3 is 2.67 bits per heavy atom. The second kappa shape index (κ2) is 4.46. The molecule has 0 saturated heterocycles. The molecule has 4 saturated carbocycles. The lowest BCUT2D eigenvalue weighted by molar-refractivity contribution is -0.143. The first-order chi connectivity index (χ1) is 9.94. The first-order valence-corrected chi connectivity index (χ1v) is 8.95. The van der Waals surface area contributed by atoms with Gasteiger partial charge in [0.15, 0.2) is 0 Å². The Morgan fingerprint density at radius 2 is 1.90 bits per heavy atom. The second-order valence-electron chi connectivity index (χ2n) is 8.94. The number of aliphatic hydroxyl groups is 3. The Bertz CT molecular complexity index is 438. The molecule has 0 radical (unpaired) electrons. The number of aliphatic hydroxyl groups excluding tert-OH is 2. The van der Waals surface area contributed by atoms with Gasteiger partial charge in [0.1, 0.15) is 0 Å². The minimum atomic E-state index is -0.828. The van der Waals surface area contributed by atoms with Crippen molar-refractivity contribution in [3.8, 4) is 0 Å². The van der Waals surface area contributed by atoms with E-state index in [0.717, 1.165) is 44.9 Å². The molecular weight excluding hydrogens is 264 g/mol. The summed E-state index contributed by atoms with van der Waals surface area (Å²) in [6, 6.07) is 0. The van der Waals surface area contributed by atoms with E-state index in [2.05, 4.69) is 6.92 Å². The summed E-state index contributed by atoms with van der Waals surface area (Å²) in [6.45, 7) is 2.34. The van der Waals surface area contributed by atoms with Gasteiger partial charge in [0.2, 0.25) is 0 Å². The van der Waals surface area contributed by atoms with E-state index in [1.165, 1.54) is 12.8 Å². The molecule has 3 heteroatoms. The highest BCUT2D eigenvalue weighted by Crippen LogP contribution is 2.70. The van der Waals surface area contributed by atoms with Crippen LogP contribution in [-0.2, 0) is 0 Å². The summed E-state index contributed by atoms with van der Waals surface area (Å²) in [6.07, 6.45) is 9.65. The number of hydrogen-bond acceptors (Lipinski definition) is 3. The molecule has 0 aromatic carbocycles. The molecule has 0 aliphatic heterocycles. The van der Waals surface area contributed by atoms with Crippen LogP contribution in [0.15, 0.2) is 0 Å². The van der Waals surface area contributed by atoms with Crippen molar-refractivity contribution in [1.82, 2.24) is 0 Å². The topological polar surface area (TPSA) is 60.7 Å². The van der Waals surface area contributed by atoms with E-state index in [1.807, 2.05) is 0 Å². The van der Waals surface area contributed by atoms with Gasteiger partial charge in [-0.1, -0.05) is 13.3 Å². The fraction of sp³-hybridized carbons (Fsp3) is 1.00. The summed E-state index contributed by atoms with van der Waals surface area (Å²) in [4.78, 5) is 0. The van der Waals surface area contributed by atoms with Crippen LogP contribution in [0.2, 0.25) is 0 Å². The largest absolute Gasteiger partial charge is 0.393 e. The molecule has 4 aliphatic rings. The maximum absolute atomic E-state index is 10.8. The van der Waals surface area contributed by atoms with Gasteiger partial charge < -0.3 is 15.3 Å². The third kappa shape index (κ3) is 1.77. The minimum Gasteiger partial charge on any atom is -0.393 e. The zero-order valence-electron chi connectivity index (χ0n) is 13.2. The Labute approximate surface area is 127 Å². The van der Waals surface area contributed by atoms with Gasteiger partial charge in [-0.2, -0.15) is 0 Å². The molecule has 0 aromatic heterocycles. The van der Waals surface area contributed by atoms with Crippen LogP contribution in [0.1, 0.15) is 64.7 Å². The Hall–Kier alpha value is -0.120. The van der Waals surface area contributed by atoms with Crippen LogP contribution in [0.4, 0.5) is 0 Å². The van der Waals surface area contributed by atoms with E-state index in [1.54, 1.807) is 0 Å². The second-order valence-corrected chi connectivity index (χ2v) is 8.94. The molecule has 120 valence electrons. The van der Waals surface area contributed by atoms with E-state index < -0.39 is 5.60 Å². The van der Waals surface area contributed by atoms with Gasteiger partial charge in [0.25, 0.3) is 0 Å². The van der Waals surface area contributed by atoms with Gasteiger partial charge in [-0.05, 0) is 80.0 Å². The van der Waals surface area contributed by atoms with Crippen LogP contribution < -0.4 is 0 Å². The van der Waals surface area contributed by atoms with Crippen LogP contribution in [0.5, 0.6) is 0 Å². The molecule has 2 bridgehead atoms. The average molecular weight is 294 g/mol. The number of rotatable bonds is 1. The third-order valence-corrected chi connectivity index (χ3v) is 8.16. The van der Waals surface area contributed by atoms with Gasteiger partial charge in [-0.3, -0.25) is 0 Å². The molecule has 4 rings (SSSR count).